The summed E-state index contributed by atoms with van der Waals surface area (Å²) in [5.74, 6) is 2.51. The Bertz CT molecular complexity index is 825. The van der Waals surface area contributed by atoms with Crippen LogP contribution in [0.2, 0.25) is 0 Å². The van der Waals surface area contributed by atoms with Crippen LogP contribution in [0.15, 0.2) is 78.9 Å². The van der Waals surface area contributed by atoms with Gasteiger partial charge in [-0.15, -0.1) is 0 Å². The standard InChI is InChI=1S/C26H29NO2/c1-21-12-14-27(15-13-21)24-16-25(28-19-22-8-4-2-5-9-22)18-26(17-24)29-20-23-10-6-3-7-11-23/h2-11,16-18,21H,12-15,19-20H2,1H3. The van der Waals surface area contributed by atoms with Gasteiger partial charge in [0.2, 0.25) is 0 Å². The maximum atomic E-state index is 6.13. The summed E-state index contributed by atoms with van der Waals surface area (Å²) < 4.78 is 12.3. The molecule has 1 aliphatic rings. The van der Waals surface area contributed by atoms with Gasteiger partial charge in [0.1, 0.15) is 24.7 Å². The largest absolute Gasteiger partial charge is 0.489 e. The van der Waals surface area contributed by atoms with Gasteiger partial charge in [-0.05, 0) is 29.9 Å². The second kappa shape index (κ2) is 9.51. The summed E-state index contributed by atoms with van der Waals surface area (Å²) in [5.41, 5.74) is 3.51. The lowest BCUT2D eigenvalue weighted by atomic mass is 9.99. The van der Waals surface area contributed by atoms with Crippen LogP contribution in [0, 0.1) is 5.92 Å². The number of rotatable bonds is 7. The molecule has 0 aromatic heterocycles. The molecule has 0 aliphatic carbocycles. The summed E-state index contributed by atoms with van der Waals surface area (Å²) in [6.45, 7) is 5.62. The first kappa shape index (κ1) is 19.4. The van der Waals surface area contributed by atoms with Crippen molar-refractivity contribution in [3.8, 4) is 11.5 Å². The van der Waals surface area contributed by atoms with E-state index in [1.165, 1.54) is 18.5 Å². The van der Waals surface area contributed by atoms with Crippen LogP contribution in [0.3, 0.4) is 0 Å². The lowest BCUT2D eigenvalue weighted by Gasteiger charge is -2.32. The van der Waals surface area contributed by atoms with Crippen LogP contribution in [-0.4, -0.2) is 13.1 Å². The number of ether oxygens (including phenoxy) is 2. The fraction of sp³-hybridized carbons (Fsp3) is 0.308. The monoisotopic (exact) mass is 387 g/mol. The molecule has 29 heavy (non-hydrogen) atoms. The second-order valence-corrected chi connectivity index (χ2v) is 7.88. The molecule has 3 aromatic carbocycles. The minimum atomic E-state index is 0.555. The summed E-state index contributed by atoms with van der Waals surface area (Å²) in [7, 11) is 0. The summed E-state index contributed by atoms with van der Waals surface area (Å²) in [6, 6.07) is 26.9. The average molecular weight is 388 g/mol. The van der Waals surface area contributed by atoms with Gasteiger partial charge in [0.25, 0.3) is 0 Å². The van der Waals surface area contributed by atoms with Crippen molar-refractivity contribution in [2.75, 3.05) is 18.0 Å². The van der Waals surface area contributed by atoms with Crippen LogP contribution in [0.1, 0.15) is 30.9 Å². The smallest absolute Gasteiger partial charge is 0.125 e. The molecule has 3 nitrogen and oxygen atoms in total. The molecule has 0 radical (unpaired) electrons. The quantitative estimate of drug-likeness (QED) is 0.490. The van der Waals surface area contributed by atoms with Gasteiger partial charge >= 0.3 is 0 Å². The number of nitrogens with zero attached hydrogens (tertiary/aromatic N) is 1. The van der Waals surface area contributed by atoms with Gasteiger partial charge in [0.05, 0.1) is 0 Å². The summed E-state index contributed by atoms with van der Waals surface area (Å²) in [4.78, 5) is 2.45. The molecule has 1 saturated heterocycles. The summed E-state index contributed by atoms with van der Waals surface area (Å²) in [6.07, 6.45) is 2.46. The highest BCUT2D eigenvalue weighted by atomic mass is 16.5. The van der Waals surface area contributed by atoms with E-state index < -0.39 is 0 Å². The predicted molar refractivity (Wildman–Crippen MR) is 119 cm³/mol. The van der Waals surface area contributed by atoms with Gasteiger partial charge in [0.15, 0.2) is 0 Å². The second-order valence-electron chi connectivity index (χ2n) is 7.88. The average Bonchev–Trinajstić information content (AvgIpc) is 2.78. The molecule has 0 N–H and O–H groups in total. The van der Waals surface area contributed by atoms with E-state index in [0.29, 0.717) is 13.2 Å². The van der Waals surface area contributed by atoms with Crippen LogP contribution in [0.4, 0.5) is 5.69 Å². The number of hydrogen-bond acceptors (Lipinski definition) is 3. The molecule has 0 spiro atoms. The highest BCUT2D eigenvalue weighted by Gasteiger charge is 2.17. The van der Waals surface area contributed by atoms with Crippen molar-refractivity contribution in [2.45, 2.75) is 33.0 Å². The normalized spacial score (nSPS) is 14.6. The Labute approximate surface area is 173 Å². The SMILES string of the molecule is CC1CCN(c2cc(OCc3ccccc3)cc(OCc3ccccc3)c2)CC1. The lowest BCUT2D eigenvalue weighted by Crippen LogP contribution is -2.32. The van der Waals surface area contributed by atoms with Gasteiger partial charge in [-0.25, -0.2) is 0 Å². The molecular formula is C26H29NO2. The maximum absolute atomic E-state index is 6.13. The van der Waals surface area contributed by atoms with E-state index in [-0.39, 0.29) is 0 Å². The first-order valence-corrected chi connectivity index (χ1v) is 10.5. The zero-order valence-corrected chi connectivity index (χ0v) is 17.1. The molecule has 1 aliphatic heterocycles. The molecule has 4 rings (SSSR count). The van der Waals surface area contributed by atoms with Crippen molar-refractivity contribution < 1.29 is 9.47 Å². The Morgan fingerprint density at radius 1 is 0.724 bits per heavy atom. The number of hydrogen-bond donors (Lipinski definition) is 0. The minimum absolute atomic E-state index is 0.555. The third kappa shape index (κ3) is 5.54. The minimum Gasteiger partial charge on any atom is -0.489 e. The van der Waals surface area contributed by atoms with Crippen molar-refractivity contribution in [3.63, 3.8) is 0 Å². The molecule has 0 bridgehead atoms. The summed E-state index contributed by atoms with van der Waals surface area (Å²) in [5, 5.41) is 0. The van der Waals surface area contributed by atoms with E-state index in [9.17, 15) is 0 Å². The zero-order chi connectivity index (χ0) is 19.9. The molecule has 0 saturated carbocycles. The van der Waals surface area contributed by atoms with E-state index in [0.717, 1.165) is 41.6 Å². The van der Waals surface area contributed by atoms with Crippen LogP contribution in [0.5, 0.6) is 11.5 Å². The fourth-order valence-corrected chi connectivity index (χ4v) is 3.65. The number of piperidine rings is 1. The van der Waals surface area contributed by atoms with Gasteiger partial charge in [-0.2, -0.15) is 0 Å². The number of anilines is 1. The first-order valence-electron chi connectivity index (χ1n) is 10.5. The van der Waals surface area contributed by atoms with Crippen LogP contribution < -0.4 is 14.4 Å². The van der Waals surface area contributed by atoms with E-state index in [4.69, 9.17) is 9.47 Å². The maximum Gasteiger partial charge on any atom is 0.125 e. The molecule has 0 unspecified atom stereocenters. The highest BCUT2D eigenvalue weighted by molar-refractivity contribution is 5.56. The Kier molecular flexibility index (Phi) is 6.35. The van der Waals surface area contributed by atoms with Crippen molar-refractivity contribution in [1.29, 1.82) is 0 Å². The topological polar surface area (TPSA) is 21.7 Å². The van der Waals surface area contributed by atoms with Crippen LogP contribution >= 0.6 is 0 Å². The molecule has 1 fully saturated rings. The molecule has 150 valence electrons. The van der Waals surface area contributed by atoms with E-state index in [2.05, 4.69) is 48.2 Å². The fourth-order valence-electron chi connectivity index (χ4n) is 3.65. The molecular weight excluding hydrogens is 358 g/mol. The third-order valence-electron chi connectivity index (χ3n) is 5.51. The van der Waals surface area contributed by atoms with Gasteiger partial charge in [0, 0.05) is 37.0 Å². The lowest BCUT2D eigenvalue weighted by molar-refractivity contribution is 0.290. The van der Waals surface area contributed by atoms with Gasteiger partial charge in [-0.1, -0.05) is 67.6 Å². The van der Waals surface area contributed by atoms with Crippen molar-refractivity contribution >= 4 is 5.69 Å². The molecule has 1 heterocycles. The molecule has 3 heteroatoms. The molecule has 0 amide bonds. The Balaban J connectivity index is 1.51. The molecule has 0 atom stereocenters. The van der Waals surface area contributed by atoms with Crippen molar-refractivity contribution in [3.05, 3.63) is 90.0 Å². The Morgan fingerprint density at radius 3 is 1.69 bits per heavy atom. The Morgan fingerprint density at radius 2 is 1.21 bits per heavy atom. The van der Waals surface area contributed by atoms with Crippen LogP contribution in [-0.2, 0) is 13.2 Å². The highest BCUT2D eigenvalue weighted by Crippen LogP contribution is 2.32. The van der Waals surface area contributed by atoms with Crippen LogP contribution in [0.25, 0.3) is 0 Å². The van der Waals surface area contributed by atoms with Gasteiger partial charge in [-0.3, -0.25) is 0 Å². The first-order chi connectivity index (χ1) is 14.3. The number of benzene rings is 3. The van der Waals surface area contributed by atoms with E-state index in [1.54, 1.807) is 0 Å². The van der Waals surface area contributed by atoms with E-state index in [1.807, 2.05) is 42.5 Å². The van der Waals surface area contributed by atoms with Gasteiger partial charge < -0.3 is 14.4 Å². The summed E-state index contributed by atoms with van der Waals surface area (Å²) >= 11 is 0. The van der Waals surface area contributed by atoms with Crippen molar-refractivity contribution in [2.24, 2.45) is 5.92 Å². The van der Waals surface area contributed by atoms with E-state index >= 15 is 0 Å². The predicted octanol–water partition coefficient (Wildman–Crippen LogP) is 6.08. The van der Waals surface area contributed by atoms with Crippen molar-refractivity contribution in [1.82, 2.24) is 0 Å². The Hall–Kier alpha value is -2.94. The zero-order valence-electron chi connectivity index (χ0n) is 17.1. The molecule has 3 aromatic rings. The third-order valence-corrected chi connectivity index (χ3v) is 5.51.